The Labute approximate surface area is 123 Å². The minimum atomic E-state index is 0.812. The molecular weight excluding hydrogens is 259 g/mol. The lowest BCUT2D eigenvalue weighted by atomic mass is 10.2. The van der Waals surface area contributed by atoms with Crippen molar-refractivity contribution in [2.45, 2.75) is 60.8 Å². The molecule has 1 rings (SSSR count). The van der Waals surface area contributed by atoms with Crippen molar-refractivity contribution in [2.24, 2.45) is 0 Å². The number of halogens is 1. The van der Waals surface area contributed by atoms with Gasteiger partial charge < -0.3 is 0 Å². The van der Waals surface area contributed by atoms with Gasteiger partial charge in [0.05, 0.1) is 0 Å². The van der Waals surface area contributed by atoms with Crippen molar-refractivity contribution in [3.63, 3.8) is 0 Å². The Morgan fingerprint density at radius 2 is 1.11 bits per heavy atom. The first-order valence-electron chi connectivity index (χ1n) is 7.01. The Morgan fingerprint density at radius 3 is 1.33 bits per heavy atom. The number of hydrogen-bond donors (Lipinski definition) is 0. The fourth-order valence-electron chi connectivity index (χ4n) is 0.720. The Kier molecular flexibility index (Phi) is 28.4. The van der Waals surface area contributed by atoms with Crippen LogP contribution in [-0.4, -0.2) is 6.16 Å². The van der Waals surface area contributed by atoms with Crippen LogP contribution >= 0.6 is 20.8 Å². The average Bonchev–Trinajstić information content (AvgIpc) is 2.33. The van der Waals surface area contributed by atoms with Crippen molar-refractivity contribution in [1.29, 1.82) is 0 Å². The van der Waals surface area contributed by atoms with Crippen LogP contribution in [0, 0.1) is 0 Å². The molecule has 0 aromatic heterocycles. The molecule has 1 atom stereocenters. The highest BCUT2D eigenvalue weighted by Gasteiger charge is 1.86. The minimum Gasteiger partial charge on any atom is -0.138 e. The van der Waals surface area contributed by atoms with E-state index in [0.29, 0.717) is 0 Å². The van der Waals surface area contributed by atoms with E-state index in [1.54, 1.807) is 0 Å². The van der Waals surface area contributed by atoms with Crippen molar-refractivity contribution in [2.75, 3.05) is 6.16 Å². The third-order valence-corrected chi connectivity index (χ3v) is 1.57. The number of aryl methyl sites for hydroxylation is 1. The molecule has 0 spiro atoms. The van der Waals surface area contributed by atoms with Crippen molar-refractivity contribution in [1.82, 2.24) is 0 Å². The SMILES string of the molecule is CCC.CCC.CCP.CCc1ccc(Cl)cc1. The third-order valence-electron chi connectivity index (χ3n) is 1.32. The van der Waals surface area contributed by atoms with Crippen molar-refractivity contribution in [3.8, 4) is 0 Å². The molecule has 18 heavy (non-hydrogen) atoms. The van der Waals surface area contributed by atoms with Crippen LogP contribution in [0.4, 0.5) is 0 Å². The molecule has 0 heterocycles. The predicted octanol–water partition coefficient (Wildman–Crippen LogP) is 6.62. The van der Waals surface area contributed by atoms with Gasteiger partial charge in [-0.15, -0.1) is 9.24 Å². The maximum absolute atomic E-state index is 5.67. The number of benzene rings is 1. The second-order valence-corrected chi connectivity index (χ2v) is 5.06. The van der Waals surface area contributed by atoms with Crippen molar-refractivity contribution in [3.05, 3.63) is 34.9 Å². The monoisotopic (exact) mass is 290 g/mol. The van der Waals surface area contributed by atoms with Gasteiger partial charge in [0.25, 0.3) is 0 Å². The summed E-state index contributed by atoms with van der Waals surface area (Å²) in [6.07, 6.45) is 4.75. The van der Waals surface area contributed by atoms with Crippen LogP contribution in [0.15, 0.2) is 24.3 Å². The first kappa shape index (κ1) is 23.1. The molecule has 2 heteroatoms. The van der Waals surface area contributed by atoms with E-state index in [4.69, 9.17) is 11.6 Å². The minimum absolute atomic E-state index is 0.812. The molecule has 0 aliphatic carbocycles. The quantitative estimate of drug-likeness (QED) is 0.510. The highest BCUT2D eigenvalue weighted by molar-refractivity contribution is 7.16. The van der Waals surface area contributed by atoms with Gasteiger partial charge in [-0.3, -0.25) is 0 Å². The standard InChI is InChI=1S/C8H9Cl.2C3H8.C2H7P/c1-2-7-3-5-8(9)6-4-7;2*1-3-2;1-2-3/h3-6H,2H2,1H3;2*3H2,1-2H3;2-3H2,1H3. The van der Waals surface area contributed by atoms with E-state index < -0.39 is 0 Å². The zero-order chi connectivity index (χ0) is 14.8. The summed E-state index contributed by atoms with van der Waals surface area (Å²) in [5.74, 6) is 0. The third kappa shape index (κ3) is 25.0. The van der Waals surface area contributed by atoms with Crippen LogP contribution in [0.5, 0.6) is 0 Å². The second kappa shape index (κ2) is 22.1. The van der Waals surface area contributed by atoms with Gasteiger partial charge in [0.1, 0.15) is 0 Å². The molecular formula is C16H32ClP. The lowest BCUT2D eigenvalue weighted by molar-refractivity contribution is 1.09. The molecule has 0 N–H and O–H groups in total. The molecule has 0 aliphatic rings. The van der Waals surface area contributed by atoms with E-state index in [1.807, 2.05) is 24.3 Å². The molecule has 0 fully saturated rings. The molecule has 108 valence electrons. The van der Waals surface area contributed by atoms with Gasteiger partial charge >= 0.3 is 0 Å². The molecule has 0 radical (unpaired) electrons. The van der Waals surface area contributed by atoms with Crippen molar-refractivity contribution >= 4 is 20.8 Å². The van der Waals surface area contributed by atoms with E-state index >= 15 is 0 Å². The van der Waals surface area contributed by atoms with E-state index in [2.05, 4.69) is 50.8 Å². The van der Waals surface area contributed by atoms with Gasteiger partial charge in [-0.25, -0.2) is 0 Å². The fourth-order valence-corrected chi connectivity index (χ4v) is 0.846. The maximum Gasteiger partial charge on any atom is 0.0406 e. The first-order valence-corrected chi connectivity index (χ1v) is 8.21. The van der Waals surface area contributed by atoms with Gasteiger partial charge in [0.15, 0.2) is 0 Å². The van der Waals surface area contributed by atoms with Gasteiger partial charge in [-0.05, 0) is 30.3 Å². The average molecular weight is 291 g/mol. The summed E-state index contributed by atoms with van der Waals surface area (Å²) in [4.78, 5) is 0. The highest BCUT2D eigenvalue weighted by Crippen LogP contribution is 2.09. The topological polar surface area (TPSA) is 0 Å². The largest absolute Gasteiger partial charge is 0.138 e. The van der Waals surface area contributed by atoms with E-state index in [1.165, 1.54) is 24.6 Å². The molecule has 1 aromatic rings. The van der Waals surface area contributed by atoms with Gasteiger partial charge in [0.2, 0.25) is 0 Å². The Bertz CT molecular complexity index is 214. The smallest absolute Gasteiger partial charge is 0.0406 e. The molecule has 0 amide bonds. The summed E-state index contributed by atoms with van der Waals surface area (Å²) in [6, 6.07) is 7.92. The summed E-state index contributed by atoms with van der Waals surface area (Å²) in [6.45, 7) is 12.7. The number of rotatable bonds is 1. The molecule has 0 aliphatic heterocycles. The van der Waals surface area contributed by atoms with Crippen LogP contribution < -0.4 is 0 Å². The molecule has 0 nitrogen and oxygen atoms in total. The normalized spacial score (nSPS) is 7.78. The van der Waals surface area contributed by atoms with Gasteiger partial charge in [0, 0.05) is 5.02 Å². The second-order valence-electron chi connectivity index (χ2n) is 3.80. The molecule has 0 saturated heterocycles. The molecule has 1 aromatic carbocycles. The molecule has 1 unspecified atom stereocenters. The first-order chi connectivity index (χ1) is 8.57. The van der Waals surface area contributed by atoms with Gasteiger partial charge in [-0.2, -0.15) is 0 Å². The summed E-state index contributed by atoms with van der Waals surface area (Å²) < 4.78 is 0. The fraction of sp³-hybridized carbons (Fsp3) is 0.625. The molecule has 0 bridgehead atoms. The highest BCUT2D eigenvalue weighted by atomic mass is 35.5. The lowest BCUT2D eigenvalue weighted by Gasteiger charge is -1.93. The van der Waals surface area contributed by atoms with E-state index in [9.17, 15) is 0 Å². The zero-order valence-electron chi connectivity index (χ0n) is 13.1. The van der Waals surface area contributed by atoms with E-state index in [-0.39, 0.29) is 0 Å². The predicted molar refractivity (Wildman–Crippen MR) is 93.0 cm³/mol. The van der Waals surface area contributed by atoms with Crippen LogP contribution in [0.3, 0.4) is 0 Å². The van der Waals surface area contributed by atoms with Crippen LogP contribution in [0.1, 0.15) is 59.9 Å². The summed E-state index contributed by atoms with van der Waals surface area (Å²) in [5.41, 5.74) is 1.33. The van der Waals surface area contributed by atoms with E-state index in [0.717, 1.165) is 11.4 Å². The zero-order valence-corrected chi connectivity index (χ0v) is 15.0. The molecule has 0 saturated carbocycles. The van der Waals surface area contributed by atoms with Crippen LogP contribution in [0.2, 0.25) is 5.02 Å². The van der Waals surface area contributed by atoms with Crippen LogP contribution in [-0.2, 0) is 6.42 Å². The summed E-state index contributed by atoms with van der Waals surface area (Å²) in [5, 5.41) is 0.812. The van der Waals surface area contributed by atoms with Crippen LogP contribution in [0.25, 0.3) is 0 Å². The lowest BCUT2D eigenvalue weighted by Crippen LogP contribution is -1.75. The summed E-state index contributed by atoms with van der Waals surface area (Å²) in [7, 11) is 2.58. The Balaban J connectivity index is -0.000000210. The van der Waals surface area contributed by atoms with Gasteiger partial charge in [-0.1, -0.05) is 78.1 Å². The summed E-state index contributed by atoms with van der Waals surface area (Å²) >= 11 is 5.67. The van der Waals surface area contributed by atoms with Crippen molar-refractivity contribution < 1.29 is 0 Å². The number of hydrogen-bond acceptors (Lipinski definition) is 0. The Morgan fingerprint density at radius 1 is 0.833 bits per heavy atom. The Hall–Kier alpha value is -0.0600. The maximum atomic E-state index is 5.67.